The molecular formula is C31H39N5O8. The lowest BCUT2D eigenvalue weighted by atomic mass is 9.57. The van der Waals surface area contributed by atoms with Gasteiger partial charge in [0.15, 0.2) is 17.1 Å². The minimum absolute atomic E-state index is 0.00324. The number of ketones is 2. The molecule has 2 saturated heterocycles. The maximum Gasteiger partial charge on any atom is 0.255 e. The molecule has 0 spiro atoms. The van der Waals surface area contributed by atoms with Gasteiger partial charge in [-0.05, 0) is 63.9 Å². The Bertz CT molecular complexity index is 1560. The van der Waals surface area contributed by atoms with Crippen LogP contribution in [-0.2, 0) is 25.6 Å². The normalized spacial score (nSPS) is 30.7. The van der Waals surface area contributed by atoms with Crippen molar-refractivity contribution < 1.29 is 39.6 Å². The number of nitrogens with zero attached hydrogens (tertiary/aromatic N) is 4. The zero-order chi connectivity index (χ0) is 32.0. The molecule has 236 valence electrons. The first-order valence-corrected chi connectivity index (χ1v) is 15.0. The number of aliphatic hydroxyl groups excluding tert-OH is 2. The minimum atomic E-state index is -2.71. The predicted molar refractivity (Wildman–Crippen MR) is 160 cm³/mol. The molecule has 0 radical (unpaired) electrons. The summed E-state index contributed by atoms with van der Waals surface area (Å²) in [6.45, 7) is 1.80. The summed E-state index contributed by atoms with van der Waals surface area (Å²) in [5, 5.41) is 46.4. The van der Waals surface area contributed by atoms with E-state index in [1.165, 1.54) is 9.80 Å². The first-order valence-electron chi connectivity index (χ1n) is 15.0. The molecule has 13 nitrogen and oxygen atoms in total. The Hall–Kier alpha value is -3.94. The fourth-order valence-electron chi connectivity index (χ4n) is 8.18. The van der Waals surface area contributed by atoms with Gasteiger partial charge in [0, 0.05) is 44.4 Å². The van der Waals surface area contributed by atoms with Gasteiger partial charge in [0.1, 0.15) is 17.1 Å². The lowest BCUT2D eigenvalue weighted by Gasteiger charge is -2.50. The van der Waals surface area contributed by atoms with E-state index in [4.69, 9.17) is 5.73 Å². The van der Waals surface area contributed by atoms with Crippen LogP contribution in [0.4, 0.5) is 11.4 Å². The van der Waals surface area contributed by atoms with Gasteiger partial charge in [0.25, 0.3) is 5.91 Å². The number of rotatable bonds is 4. The standard InChI is InChI=1S/C31H39N5O8/c1-33(2)18-13-19(36-10-9-35-8-6-5-7-17(35)30(36)43)24(37)21-15(18)11-14-12-16-23(34(3)4)26(39)22(29(32)42)28(41)31(16,44)27(40)20(14)25(21)38/h13-14,16-17,23,37-38,41,44H,5-12H2,1-4H3,(H2,32,42)/t14?,16?,17?,23-,31-/m0/s1. The molecule has 3 aliphatic carbocycles. The van der Waals surface area contributed by atoms with E-state index in [0.717, 1.165) is 19.4 Å². The topological polar surface area (TPSA) is 188 Å². The quantitative estimate of drug-likeness (QED) is 0.294. The summed E-state index contributed by atoms with van der Waals surface area (Å²) < 4.78 is 0. The lowest BCUT2D eigenvalue weighted by Crippen LogP contribution is -2.65. The Labute approximate surface area is 254 Å². The Morgan fingerprint density at radius 1 is 1.05 bits per heavy atom. The number of hydrogen-bond acceptors (Lipinski definition) is 11. The van der Waals surface area contributed by atoms with Crippen LogP contribution in [0.15, 0.2) is 23.0 Å². The predicted octanol–water partition coefficient (Wildman–Crippen LogP) is 0.231. The second-order valence-electron chi connectivity index (χ2n) is 13.0. The number of nitrogens with two attached hydrogens (primary N) is 1. The SMILES string of the molecule is CN(C)c1cc(N2CCN3CCCCC3C2=O)c(O)c2c1CC1CC3[C@H](N(C)C)C(=O)C(C(N)=O)=C(O)[C@@]3(O)C(=O)C1=C2O. The molecular weight excluding hydrogens is 570 g/mol. The number of fused-ring (bicyclic) bond motifs is 4. The average molecular weight is 610 g/mol. The summed E-state index contributed by atoms with van der Waals surface area (Å²) in [6, 6.07) is 0.275. The number of piperidine rings is 1. The summed E-state index contributed by atoms with van der Waals surface area (Å²) in [6.07, 6.45) is 2.84. The van der Waals surface area contributed by atoms with E-state index in [1.807, 2.05) is 4.90 Å². The maximum absolute atomic E-state index is 14.2. The van der Waals surface area contributed by atoms with Crippen LogP contribution in [0.3, 0.4) is 0 Å². The molecule has 2 amide bonds. The van der Waals surface area contributed by atoms with Crippen LogP contribution < -0.4 is 15.5 Å². The van der Waals surface area contributed by atoms with Gasteiger partial charge < -0.3 is 36.0 Å². The first kappa shape index (κ1) is 30.1. The van der Waals surface area contributed by atoms with E-state index in [9.17, 15) is 39.6 Å². The third kappa shape index (κ3) is 4.02. The van der Waals surface area contributed by atoms with Gasteiger partial charge in [-0.15, -0.1) is 0 Å². The number of benzene rings is 1. The van der Waals surface area contributed by atoms with Gasteiger partial charge in [-0.1, -0.05) is 6.42 Å². The highest BCUT2D eigenvalue weighted by atomic mass is 16.3. The lowest BCUT2D eigenvalue weighted by molar-refractivity contribution is -0.153. The zero-order valence-corrected chi connectivity index (χ0v) is 25.3. The molecule has 5 aliphatic rings. The molecule has 44 heavy (non-hydrogen) atoms. The van der Waals surface area contributed by atoms with E-state index >= 15 is 0 Å². The number of aliphatic hydroxyl groups is 3. The summed E-state index contributed by atoms with van der Waals surface area (Å²) in [7, 11) is 6.72. The molecule has 1 aromatic carbocycles. The summed E-state index contributed by atoms with van der Waals surface area (Å²) in [5.74, 6) is -7.20. The summed E-state index contributed by atoms with van der Waals surface area (Å²) in [5.41, 5.74) is 2.98. The fourth-order valence-corrected chi connectivity index (χ4v) is 8.18. The molecule has 0 aromatic heterocycles. The number of phenols is 1. The fraction of sp³-hybridized carbons (Fsp3) is 0.548. The molecule has 2 heterocycles. The number of primary amides is 1. The molecule has 1 saturated carbocycles. The van der Waals surface area contributed by atoms with Gasteiger partial charge >= 0.3 is 0 Å². The van der Waals surface area contributed by atoms with Crippen molar-refractivity contribution in [2.45, 2.75) is 49.8 Å². The van der Waals surface area contributed by atoms with Crippen molar-refractivity contribution in [1.82, 2.24) is 9.80 Å². The number of Topliss-reactive ketones (excluding diaryl/α,β-unsaturated/α-hetero) is 2. The van der Waals surface area contributed by atoms with Crippen molar-refractivity contribution in [2.75, 3.05) is 57.6 Å². The van der Waals surface area contributed by atoms with Crippen molar-refractivity contribution in [1.29, 1.82) is 0 Å². The number of phenolic OH excluding ortho intramolecular Hbond substituents is 1. The van der Waals surface area contributed by atoms with Crippen LogP contribution in [0, 0.1) is 11.8 Å². The number of aromatic hydroxyl groups is 1. The molecule has 2 aliphatic heterocycles. The summed E-state index contributed by atoms with van der Waals surface area (Å²) >= 11 is 0. The molecule has 1 aromatic rings. The van der Waals surface area contributed by atoms with Crippen molar-refractivity contribution in [2.24, 2.45) is 17.6 Å². The van der Waals surface area contributed by atoms with Crippen LogP contribution in [0.2, 0.25) is 0 Å². The van der Waals surface area contributed by atoms with Crippen molar-refractivity contribution in [3.05, 3.63) is 34.1 Å². The molecule has 6 N–H and O–H groups in total. The third-order valence-corrected chi connectivity index (χ3v) is 10.2. The number of amides is 2. The second-order valence-corrected chi connectivity index (χ2v) is 13.0. The van der Waals surface area contributed by atoms with Gasteiger partial charge in [0.05, 0.1) is 23.3 Å². The highest BCUT2D eigenvalue weighted by Gasteiger charge is 2.64. The van der Waals surface area contributed by atoms with Crippen molar-refractivity contribution >= 4 is 40.5 Å². The first-order chi connectivity index (χ1) is 20.7. The van der Waals surface area contributed by atoms with Crippen LogP contribution in [0.1, 0.15) is 36.8 Å². The largest absolute Gasteiger partial charge is 0.508 e. The monoisotopic (exact) mass is 609 g/mol. The van der Waals surface area contributed by atoms with Crippen molar-refractivity contribution in [3.8, 4) is 5.75 Å². The number of likely N-dealkylation sites (N-methyl/N-ethyl adjacent to an activating group) is 1. The number of piperazine rings is 1. The highest BCUT2D eigenvalue weighted by molar-refractivity contribution is 6.24. The number of carbonyl (C=O) groups is 4. The molecule has 5 atom stereocenters. The molecule has 0 bridgehead atoms. The minimum Gasteiger partial charge on any atom is -0.508 e. The molecule has 3 unspecified atom stereocenters. The van der Waals surface area contributed by atoms with Gasteiger partial charge in [0.2, 0.25) is 11.7 Å². The second kappa shape index (κ2) is 10.3. The molecule has 6 rings (SSSR count). The van der Waals surface area contributed by atoms with Crippen LogP contribution in [0.25, 0.3) is 5.76 Å². The maximum atomic E-state index is 14.2. The Kier molecular flexibility index (Phi) is 7.06. The zero-order valence-electron chi connectivity index (χ0n) is 25.3. The Morgan fingerprint density at radius 3 is 2.39 bits per heavy atom. The van der Waals surface area contributed by atoms with Gasteiger partial charge in [-0.25, -0.2) is 0 Å². The van der Waals surface area contributed by atoms with Crippen LogP contribution in [-0.4, -0.2) is 119 Å². The van der Waals surface area contributed by atoms with E-state index in [1.54, 1.807) is 34.3 Å². The smallest absolute Gasteiger partial charge is 0.255 e. The molecule has 13 heteroatoms. The Morgan fingerprint density at radius 2 is 1.75 bits per heavy atom. The highest BCUT2D eigenvalue weighted by Crippen LogP contribution is 2.55. The van der Waals surface area contributed by atoms with Crippen molar-refractivity contribution in [3.63, 3.8) is 0 Å². The third-order valence-electron chi connectivity index (χ3n) is 10.2. The van der Waals surface area contributed by atoms with E-state index in [2.05, 4.69) is 4.90 Å². The van der Waals surface area contributed by atoms with Gasteiger partial charge in [-0.2, -0.15) is 0 Å². The summed E-state index contributed by atoms with van der Waals surface area (Å²) in [4.78, 5) is 60.4. The average Bonchev–Trinajstić information content (AvgIpc) is 2.95. The van der Waals surface area contributed by atoms with Crippen LogP contribution in [0.5, 0.6) is 5.75 Å². The van der Waals surface area contributed by atoms with Crippen LogP contribution >= 0.6 is 0 Å². The van der Waals surface area contributed by atoms with E-state index in [0.29, 0.717) is 30.8 Å². The number of hydrogen-bond donors (Lipinski definition) is 5. The van der Waals surface area contributed by atoms with E-state index < -0.39 is 58.0 Å². The number of carbonyl (C=O) groups excluding carboxylic acids is 4. The number of anilines is 2. The van der Waals surface area contributed by atoms with E-state index in [-0.39, 0.29) is 47.4 Å². The van der Waals surface area contributed by atoms with Gasteiger partial charge in [-0.3, -0.25) is 29.0 Å². The molecule has 3 fully saturated rings. The Balaban J connectivity index is 1.52.